The van der Waals surface area contributed by atoms with Crippen LogP contribution in [0.3, 0.4) is 0 Å². The highest BCUT2D eigenvalue weighted by molar-refractivity contribution is 6.31. The van der Waals surface area contributed by atoms with Gasteiger partial charge in [-0.15, -0.1) is 0 Å². The molecule has 1 rings (SSSR count). The average Bonchev–Trinajstić information content (AvgIpc) is 2.28. The van der Waals surface area contributed by atoms with Crippen LogP contribution in [-0.4, -0.2) is 31.0 Å². The van der Waals surface area contributed by atoms with Crippen molar-refractivity contribution < 1.29 is 14.2 Å². The minimum Gasteiger partial charge on any atom is -0.396 e. The molecule has 0 aliphatic heterocycles. The van der Waals surface area contributed by atoms with Gasteiger partial charge in [-0.3, -0.25) is 0 Å². The molecule has 1 atom stereocenters. The molecule has 0 radical (unpaired) electrons. The molecule has 0 heterocycles. The molecular weight excluding hydrogens is 257 g/mol. The van der Waals surface area contributed by atoms with Gasteiger partial charge < -0.3 is 15.2 Å². The quantitative estimate of drug-likeness (QED) is 0.803. The van der Waals surface area contributed by atoms with E-state index in [9.17, 15) is 4.39 Å². The van der Waals surface area contributed by atoms with Gasteiger partial charge in [-0.2, -0.15) is 0 Å². The first-order valence-corrected chi connectivity index (χ1v) is 6.17. The molecule has 0 fully saturated rings. The van der Waals surface area contributed by atoms with Crippen molar-refractivity contribution in [2.45, 2.75) is 25.4 Å². The van der Waals surface area contributed by atoms with Crippen molar-refractivity contribution >= 4 is 11.6 Å². The molecular formula is C13H19ClFNO2. The second kappa shape index (κ2) is 7.04. The van der Waals surface area contributed by atoms with E-state index in [4.69, 9.17) is 21.4 Å². The normalized spacial score (nSPS) is 14.5. The number of aliphatic hydroxyl groups excluding tert-OH is 1. The third-order valence-corrected chi connectivity index (χ3v) is 3.20. The molecule has 0 saturated carbocycles. The van der Waals surface area contributed by atoms with E-state index < -0.39 is 0 Å². The number of halogens is 2. The summed E-state index contributed by atoms with van der Waals surface area (Å²) in [4.78, 5) is 0. The Morgan fingerprint density at radius 1 is 1.50 bits per heavy atom. The second-order valence-corrected chi connectivity index (χ2v) is 4.96. The van der Waals surface area contributed by atoms with E-state index in [1.807, 2.05) is 6.92 Å². The molecule has 0 saturated heterocycles. The molecule has 5 heteroatoms. The van der Waals surface area contributed by atoms with Crippen LogP contribution < -0.4 is 5.32 Å². The number of nitrogens with one attached hydrogen (secondary N) is 1. The maximum absolute atomic E-state index is 12.9. The SMILES string of the molecule is COCC(C)(CCO)NCc1ccc(F)cc1Cl. The smallest absolute Gasteiger partial charge is 0.124 e. The Kier molecular flexibility index (Phi) is 6.02. The van der Waals surface area contributed by atoms with Crippen LogP contribution in [0.4, 0.5) is 4.39 Å². The first-order chi connectivity index (χ1) is 8.50. The molecule has 102 valence electrons. The van der Waals surface area contributed by atoms with Crippen molar-refractivity contribution in [3.63, 3.8) is 0 Å². The third kappa shape index (κ3) is 4.53. The number of benzene rings is 1. The molecule has 0 spiro atoms. The molecule has 0 aliphatic carbocycles. The Bertz CT molecular complexity index is 381. The van der Waals surface area contributed by atoms with Crippen LogP contribution in [-0.2, 0) is 11.3 Å². The number of methoxy groups -OCH3 is 1. The zero-order chi connectivity index (χ0) is 13.6. The van der Waals surface area contributed by atoms with Gasteiger partial charge in [0.15, 0.2) is 0 Å². The topological polar surface area (TPSA) is 41.5 Å². The number of hydrogen-bond acceptors (Lipinski definition) is 3. The van der Waals surface area contributed by atoms with Gasteiger partial charge in [-0.25, -0.2) is 4.39 Å². The Morgan fingerprint density at radius 2 is 2.22 bits per heavy atom. The predicted molar refractivity (Wildman–Crippen MR) is 70.2 cm³/mol. The van der Waals surface area contributed by atoms with Gasteiger partial charge in [0.05, 0.1) is 6.61 Å². The molecule has 18 heavy (non-hydrogen) atoms. The van der Waals surface area contributed by atoms with Crippen molar-refractivity contribution in [1.82, 2.24) is 5.32 Å². The van der Waals surface area contributed by atoms with Crippen molar-refractivity contribution in [2.24, 2.45) is 0 Å². The predicted octanol–water partition coefficient (Wildman–Crippen LogP) is 2.36. The standard InChI is InChI=1S/C13H19ClFNO2/c1-13(5-6-17,9-18-2)16-8-10-3-4-11(15)7-12(10)14/h3-4,7,16-17H,5-6,8-9H2,1-2H3. The number of hydrogen-bond donors (Lipinski definition) is 2. The Balaban J connectivity index is 2.66. The second-order valence-electron chi connectivity index (χ2n) is 4.56. The van der Waals surface area contributed by atoms with E-state index in [-0.39, 0.29) is 18.0 Å². The minimum atomic E-state index is -0.348. The van der Waals surface area contributed by atoms with Crippen LogP contribution in [0.1, 0.15) is 18.9 Å². The summed E-state index contributed by atoms with van der Waals surface area (Å²) in [5.74, 6) is -0.348. The van der Waals surface area contributed by atoms with E-state index in [0.29, 0.717) is 24.6 Å². The summed E-state index contributed by atoms with van der Waals surface area (Å²) in [7, 11) is 1.61. The fraction of sp³-hybridized carbons (Fsp3) is 0.538. The molecule has 0 aromatic heterocycles. The first-order valence-electron chi connectivity index (χ1n) is 5.79. The largest absolute Gasteiger partial charge is 0.396 e. The van der Waals surface area contributed by atoms with Gasteiger partial charge in [0.1, 0.15) is 5.82 Å². The van der Waals surface area contributed by atoms with Crippen LogP contribution in [0.15, 0.2) is 18.2 Å². The molecule has 3 nitrogen and oxygen atoms in total. The Morgan fingerprint density at radius 3 is 2.78 bits per heavy atom. The van der Waals surface area contributed by atoms with Crippen LogP contribution in [0.25, 0.3) is 0 Å². The van der Waals surface area contributed by atoms with Gasteiger partial charge in [-0.1, -0.05) is 17.7 Å². The van der Waals surface area contributed by atoms with Gasteiger partial charge in [0, 0.05) is 30.8 Å². The van der Waals surface area contributed by atoms with E-state index in [0.717, 1.165) is 5.56 Å². The van der Waals surface area contributed by atoms with Crippen molar-refractivity contribution in [1.29, 1.82) is 0 Å². The Hall–Kier alpha value is -0.680. The van der Waals surface area contributed by atoms with Gasteiger partial charge in [-0.05, 0) is 31.0 Å². The molecule has 1 aromatic rings. The zero-order valence-electron chi connectivity index (χ0n) is 10.7. The molecule has 0 amide bonds. The summed E-state index contributed by atoms with van der Waals surface area (Å²) >= 11 is 5.95. The summed E-state index contributed by atoms with van der Waals surface area (Å²) in [5.41, 5.74) is 0.486. The first kappa shape index (κ1) is 15.4. The van der Waals surface area contributed by atoms with Crippen molar-refractivity contribution in [2.75, 3.05) is 20.3 Å². The molecule has 1 unspecified atom stereocenters. The molecule has 0 bridgehead atoms. The Labute approximate surface area is 112 Å². The fourth-order valence-corrected chi connectivity index (χ4v) is 1.98. The van der Waals surface area contributed by atoms with E-state index in [1.165, 1.54) is 12.1 Å². The lowest BCUT2D eigenvalue weighted by molar-refractivity contribution is 0.0970. The monoisotopic (exact) mass is 275 g/mol. The lowest BCUT2D eigenvalue weighted by Crippen LogP contribution is -2.46. The van der Waals surface area contributed by atoms with Crippen molar-refractivity contribution in [3.8, 4) is 0 Å². The summed E-state index contributed by atoms with van der Waals surface area (Å²) in [6.45, 7) is 3.01. The maximum Gasteiger partial charge on any atom is 0.124 e. The molecule has 1 aromatic carbocycles. The summed E-state index contributed by atoms with van der Waals surface area (Å²) < 4.78 is 18.0. The summed E-state index contributed by atoms with van der Waals surface area (Å²) in [6.07, 6.45) is 0.569. The maximum atomic E-state index is 12.9. The van der Waals surface area contributed by atoms with Crippen LogP contribution in [0.5, 0.6) is 0 Å². The highest BCUT2D eigenvalue weighted by Gasteiger charge is 2.23. The number of ether oxygens (including phenoxy) is 1. The van der Waals surface area contributed by atoms with Gasteiger partial charge in [0.25, 0.3) is 0 Å². The highest BCUT2D eigenvalue weighted by Crippen LogP contribution is 2.19. The van der Waals surface area contributed by atoms with Crippen LogP contribution in [0, 0.1) is 5.82 Å². The van der Waals surface area contributed by atoms with E-state index >= 15 is 0 Å². The summed E-state index contributed by atoms with van der Waals surface area (Å²) in [6, 6.07) is 4.32. The fourth-order valence-electron chi connectivity index (χ4n) is 1.75. The van der Waals surface area contributed by atoms with Gasteiger partial charge in [0.2, 0.25) is 0 Å². The lowest BCUT2D eigenvalue weighted by atomic mass is 9.99. The third-order valence-electron chi connectivity index (χ3n) is 2.85. The van der Waals surface area contributed by atoms with E-state index in [1.54, 1.807) is 13.2 Å². The average molecular weight is 276 g/mol. The highest BCUT2D eigenvalue weighted by atomic mass is 35.5. The van der Waals surface area contributed by atoms with Crippen LogP contribution in [0.2, 0.25) is 5.02 Å². The number of aliphatic hydroxyl groups is 1. The molecule has 2 N–H and O–H groups in total. The van der Waals surface area contributed by atoms with E-state index in [2.05, 4.69) is 5.32 Å². The van der Waals surface area contributed by atoms with Gasteiger partial charge >= 0.3 is 0 Å². The zero-order valence-corrected chi connectivity index (χ0v) is 11.4. The summed E-state index contributed by atoms with van der Waals surface area (Å²) in [5, 5.41) is 12.7. The number of rotatable bonds is 7. The minimum absolute atomic E-state index is 0.0734. The lowest BCUT2D eigenvalue weighted by Gasteiger charge is -2.29. The molecule has 0 aliphatic rings. The van der Waals surface area contributed by atoms with Crippen LogP contribution >= 0.6 is 11.6 Å². The van der Waals surface area contributed by atoms with Crippen molar-refractivity contribution in [3.05, 3.63) is 34.6 Å².